The Kier molecular flexibility index (Phi) is 9.06. The van der Waals surface area contributed by atoms with E-state index in [0.29, 0.717) is 46.7 Å². The van der Waals surface area contributed by atoms with Gasteiger partial charge in [0.2, 0.25) is 0 Å². The lowest BCUT2D eigenvalue weighted by Crippen LogP contribution is -2.30. The molecule has 1 unspecified atom stereocenters. The lowest BCUT2D eigenvalue weighted by Gasteiger charge is -2.19. The van der Waals surface area contributed by atoms with Gasteiger partial charge in [0, 0.05) is 19.0 Å². The van der Waals surface area contributed by atoms with E-state index in [0.717, 1.165) is 49.8 Å². The van der Waals surface area contributed by atoms with Crippen molar-refractivity contribution in [3.63, 3.8) is 0 Å². The normalized spacial score (nSPS) is 15.5. The molecule has 2 N–H and O–H groups in total. The van der Waals surface area contributed by atoms with Gasteiger partial charge < -0.3 is 25.0 Å². The van der Waals surface area contributed by atoms with Crippen molar-refractivity contribution in [1.82, 2.24) is 20.2 Å². The Morgan fingerprint density at radius 1 is 1.31 bits per heavy atom. The first kappa shape index (κ1) is 26.2. The smallest absolute Gasteiger partial charge is 0.261 e. The zero-order valence-corrected chi connectivity index (χ0v) is 21.9. The number of benzene rings is 1. The standard InChI is InChI=1S/C26H34FN5O3S/c1-4-11-32(5-2)12-6-10-28-25(33)23-17(3)22-24(29-16-30-26(22)36-23)31-20-8-7-18(27)14-21(20)35-19-9-13-34-15-19/h7-8,14,16,19H,4-6,9-13,15H2,1-3H3,(H,28,33)(H,29,30,31). The zero-order valence-electron chi connectivity index (χ0n) is 21.1. The highest BCUT2D eigenvalue weighted by Gasteiger charge is 2.22. The number of thiophene rings is 1. The number of aryl methyl sites for hydroxylation is 1. The molecule has 0 radical (unpaired) electrons. The van der Waals surface area contributed by atoms with Crippen LogP contribution in [0.3, 0.4) is 0 Å². The minimum atomic E-state index is -0.385. The number of nitrogens with zero attached hydrogens (tertiary/aromatic N) is 3. The molecule has 1 fully saturated rings. The van der Waals surface area contributed by atoms with Crippen LogP contribution in [0.4, 0.5) is 15.9 Å². The fraction of sp³-hybridized carbons (Fsp3) is 0.500. The summed E-state index contributed by atoms with van der Waals surface area (Å²) in [6.07, 6.45) is 4.12. The van der Waals surface area contributed by atoms with Gasteiger partial charge in [-0.05, 0) is 57.1 Å². The maximum Gasteiger partial charge on any atom is 0.261 e. The second-order valence-electron chi connectivity index (χ2n) is 8.87. The Bertz CT molecular complexity index is 1180. The van der Waals surface area contributed by atoms with Crippen LogP contribution in [0.2, 0.25) is 0 Å². The Balaban J connectivity index is 1.49. The molecule has 36 heavy (non-hydrogen) atoms. The Labute approximate surface area is 215 Å². The summed E-state index contributed by atoms with van der Waals surface area (Å²) in [5, 5.41) is 7.10. The second-order valence-corrected chi connectivity index (χ2v) is 9.87. The molecule has 0 saturated carbocycles. The molecule has 1 saturated heterocycles. The molecular weight excluding hydrogens is 481 g/mol. The third kappa shape index (κ3) is 6.29. The van der Waals surface area contributed by atoms with E-state index < -0.39 is 0 Å². The van der Waals surface area contributed by atoms with Crippen LogP contribution in [0.5, 0.6) is 5.75 Å². The summed E-state index contributed by atoms with van der Waals surface area (Å²) in [5.41, 5.74) is 1.40. The molecule has 3 heterocycles. The van der Waals surface area contributed by atoms with Gasteiger partial charge >= 0.3 is 0 Å². The number of fused-ring (bicyclic) bond motifs is 1. The molecule has 3 aromatic rings. The van der Waals surface area contributed by atoms with E-state index in [1.54, 1.807) is 6.07 Å². The van der Waals surface area contributed by atoms with Gasteiger partial charge in [-0.3, -0.25) is 4.79 Å². The van der Waals surface area contributed by atoms with E-state index in [9.17, 15) is 9.18 Å². The first-order valence-corrected chi connectivity index (χ1v) is 13.4. The highest BCUT2D eigenvalue weighted by atomic mass is 32.1. The van der Waals surface area contributed by atoms with Gasteiger partial charge in [-0.1, -0.05) is 13.8 Å². The molecule has 1 aromatic carbocycles. The number of ether oxygens (including phenoxy) is 2. The first-order valence-electron chi connectivity index (χ1n) is 12.6. The van der Waals surface area contributed by atoms with E-state index in [1.807, 2.05) is 6.92 Å². The number of carbonyl (C=O) groups excluding carboxylic acids is 1. The van der Waals surface area contributed by atoms with E-state index in [-0.39, 0.29) is 17.8 Å². The summed E-state index contributed by atoms with van der Waals surface area (Å²) in [4.78, 5) is 25.5. The molecule has 1 atom stereocenters. The Morgan fingerprint density at radius 3 is 2.92 bits per heavy atom. The van der Waals surface area contributed by atoms with Crippen molar-refractivity contribution in [2.45, 2.75) is 46.1 Å². The fourth-order valence-electron chi connectivity index (χ4n) is 4.32. The van der Waals surface area contributed by atoms with Crippen molar-refractivity contribution in [3.8, 4) is 5.75 Å². The van der Waals surface area contributed by atoms with Crippen LogP contribution in [0.25, 0.3) is 10.2 Å². The largest absolute Gasteiger partial charge is 0.486 e. The average Bonchev–Trinajstić information content (AvgIpc) is 3.50. The molecular formula is C26H34FN5O3S. The topological polar surface area (TPSA) is 88.6 Å². The van der Waals surface area contributed by atoms with E-state index >= 15 is 0 Å². The van der Waals surface area contributed by atoms with Crippen LogP contribution in [0.15, 0.2) is 24.5 Å². The summed E-state index contributed by atoms with van der Waals surface area (Å²) in [6, 6.07) is 4.36. The van der Waals surface area contributed by atoms with Crippen molar-refractivity contribution in [2.24, 2.45) is 0 Å². The molecule has 1 aliphatic heterocycles. The first-order chi connectivity index (χ1) is 17.5. The number of aromatic nitrogens is 2. The molecule has 0 spiro atoms. The van der Waals surface area contributed by atoms with Crippen molar-refractivity contribution in [2.75, 3.05) is 44.7 Å². The highest BCUT2D eigenvalue weighted by Crippen LogP contribution is 2.37. The molecule has 0 aliphatic carbocycles. The third-order valence-corrected chi connectivity index (χ3v) is 7.43. The van der Waals surface area contributed by atoms with Crippen molar-refractivity contribution in [1.29, 1.82) is 0 Å². The minimum Gasteiger partial charge on any atom is -0.486 e. The Hall–Kier alpha value is -2.82. The van der Waals surface area contributed by atoms with Gasteiger partial charge in [-0.25, -0.2) is 14.4 Å². The van der Waals surface area contributed by atoms with Gasteiger partial charge in [0.15, 0.2) is 0 Å². The zero-order chi connectivity index (χ0) is 25.5. The predicted molar refractivity (Wildman–Crippen MR) is 141 cm³/mol. The monoisotopic (exact) mass is 515 g/mol. The maximum atomic E-state index is 14.0. The van der Waals surface area contributed by atoms with Crippen LogP contribution in [0.1, 0.15) is 48.3 Å². The van der Waals surface area contributed by atoms with Gasteiger partial charge in [0.1, 0.15) is 34.6 Å². The van der Waals surface area contributed by atoms with Crippen LogP contribution < -0.4 is 15.4 Å². The predicted octanol–water partition coefficient (Wildman–Crippen LogP) is 4.90. The van der Waals surface area contributed by atoms with Gasteiger partial charge in [0.25, 0.3) is 5.91 Å². The fourth-order valence-corrected chi connectivity index (χ4v) is 5.39. The van der Waals surface area contributed by atoms with Gasteiger partial charge in [0.05, 0.1) is 29.2 Å². The number of hydrogen-bond acceptors (Lipinski definition) is 8. The molecule has 1 amide bonds. The summed E-state index contributed by atoms with van der Waals surface area (Å²) in [7, 11) is 0. The average molecular weight is 516 g/mol. The van der Waals surface area contributed by atoms with Crippen molar-refractivity contribution in [3.05, 3.63) is 40.8 Å². The van der Waals surface area contributed by atoms with Crippen LogP contribution in [-0.4, -0.2) is 66.3 Å². The van der Waals surface area contributed by atoms with Crippen molar-refractivity contribution < 1.29 is 18.7 Å². The number of halogens is 1. The molecule has 10 heteroatoms. The maximum absolute atomic E-state index is 14.0. The SMILES string of the molecule is CCCN(CC)CCCNC(=O)c1sc2ncnc(Nc3ccc(F)cc3OC3CCOC3)c2c1C. The molecule has 0 bridgehead atoms. The number of rotatable bonds is 12. The summed E-state index contributed by atoms with van der Waals surface area (Å²) in [6.45, 7) is 11.0. The molecule has 4 rings (SSSR count). The van der Waals surface area contributed by atoms with Gasteiger partial charge in [-0.2, -0.15) is 0 Å². The number of hydrogen-bond donors (Lipinski definition) is 2. The van der Waals surface area contributed by atoms with Gasteiger partial charge in [-0.15, -0.1) is 11.3 Å². The minimum absolute atomic E-state index is 0.105. The number of nitrogens with one attached hydrogen (secondary N) is 2. The number of amides is 1. The Morgan fingerprint density at radius 2 is 2.17 bits per heavy atom. The van der Waals surface area contributed by atoms with E-state index in [1.165, 1.54) is 29.8 Å². The van der Waals surface area contributed by atoms with E-state index in [4.69, 9.17) is 9.47 Å². The lowest BCUT2D eigenvalue weighted by molar-refractivity contribution is 0.0955. The molecule has 2 aromatic heterocycles. The van der Waals surface area contributed by atoms with E-state index in [2.05, 4.69) is 39.3 Å². The highest BCUT2D eigenvalue weighted by molar-refractivity contribution is 7.20. The van der Waals surface area contributed by atoms with Crippen LogP contribution in [-0.2, 0) is 4.74 Å². The summed E-state index contributed by atoms with van der Waals surface area (Å²) < 4.78 is 25.4. The van der Waals surface area contributed by atoms with Crippen LogP contribution in [0, 0.1) is 12.7 Å². The molecule has 194 valence electrons. The quantitative estimate of drug-likeness (QED) is 0.332. The number of anilines is 2. The van der Waals surface area contributed by atoms with Crippen molar-refractivity contribution >= 4 is 39.0 Å². The van der Waals surface area contributed by atoms with Crippen LogP contribution >= 0.6 is 11.3 Å². The third-order valence-electron chi connectivity index (χ3n) is 6.24. The number of carbonyl (C=O) groups is 1. The molecule has 1 aliphatic rings. The summed E-state index contributed by atoms with van der Waals surface area (Å²) in [5.74, 6) is 0.453. The molecule has 8 nitrogen and oxygen atoms in total. The lowest BCUT2D eigenvalue weighted by atomic mass is 10.2. The summed E-state index contributed by atoms with van der Waals surface area (Å²) >= 11 is 1.35. The second kappa shape index (κ2) is 12.4.